The van der Waals surface area contributed by atoms with Gasteiger partial charge in [-0.15, -0.1) is 0 Å². The second kappa shape index (κ2) is 5.03. The molecule has 0 atom stereocenters. The number of nitrogens with zero attached hydrogens (tertiary/aromatic N) is 1. The van der Waals surface area contributed by atoms with Gasteiger partial charge in [-0.3, -0.25) is 0 Å². The monoisotopic (exact) mass is 280 g/mol. The molecule has 1 aromatic heterocycles. The number of nitrogens with two attached hydrogens (primary N) is 1. The van der Waals surface area contributed by atoms with E-state index in [-0.39, 0.29) is 5.88 Å². The van der Waals surface area contributed by atoms with E-state index in [1.165, 1.54) is 34.3 Å². The zero-order valence-electron chi connectivity index (χ0n) is 11.9. The molecular formula is C14H17FN2O3. The second-order valence-corrected chi connectivity index (χ2v) is 4.83. The number of hydrogen-bond acceptors (Lipinski definition) is 5. The van der Waals surface area contributed by atoms with Crippen molar-refractivity contribution < 1.29 is 18.4 Å². The van der Waals surface area contributed by atoms with E-state index in [2.05, 4.69) is 5.16 Å². The van der Waals surface area contributed by atoms with E-state index in [0.29, 0.717) is 28.2 Å². The molecule has 2 rings (SSSR count). The first-order valence-corrected chi connectivity index (χ1v) is 6.04. The number of nitrogen functional groups attached to an aromatic ring is 1. The first kappa shape index (κ1) is 14.2. The fourth-order valence-corrected chi connectivity index (χ4v) is 2.02. The highest BCUT2D eigenvalue weighted by molar-refractivity contribution is 5.79. The molecule has 5 nitrogen and oxygen atoms in total. The number of methoxy groups -OCH3 is 2. The number of rotatable bonds is 4. The third-order valence-electron chi connectivity index (χ3n) is 3.05. The molecule has 0 spiro atoms. The summed E-state index contributed by atoms with van der Waals surface area (Å²) in [6, 6.07) is 3.26. The van der Waals surface area contributed by atoms with Gasteiger partial charge in [0.05, 0.1) is 26.0 Å². The number of hydrogen-bond donors (Lipinski definition) is 1. The summed E-state index contributed by atoms with van der Waals surface area (Å²) in [5, 5.41) is 3.63. The van der Waals surface area contributed by atoms with Gasteiger partial charge in [0, 0.05) is 17.2 Å². The van der Waals surface area contributed by atoms with Crippen LogP contribution >= 0.6 is 0 Å². The summed E-state index contributed by atoms with van der Waals surface area (Å²) in [6.45, 7) is 2.91. The maximum atomic E-state index is 14.3. The molecule has 0 bridgehead atoms. The Morgan fingerprint density at radius 3 is 2.25 bits per heavy atom. The van der Waals surface area contributed by atoms with Gasteiger partial charge >= 0.3 is 0 Å². The van der Waals surface area contributed by atoms with Crippen LogP contribution in [0.1, 0.15) is 19.4 Å². The summed E-state index contributed by atoms with van der Waals surface area (Å²) in [5.41, 5.74) is 5.70. The van der Waals surface area contributed by atoms with Crippen LogP contribution < -0.4 is 15.2 Å². The van der Waals surface area contributed by atoms with Crippen LogP contribution in [-0.4, -0.2) is 19.4 Å². The minimum Gasteiger partial charge on any atom is -0.496 e. The van der Waals surface area contributed by atoms with Crippen molar-refractivity contribution in [3.05, 3.63) is 23.9 Å². The molecular weight excluding hydrogens is 263 g/mol. The van der Waals surface area contributed by atoms with Gasteiger partial charge in [0.2, 0.25) is 5.88 Å². The van der Waals surface area contributed by atoms with E-state index < -0.39 is 5.67 Å². The van der Waals surface area contributed by atoms with E-state index in [0.717, 1.165) is 0 Å². The quantitative estimate of drug-likeness (QED) is 0.931. The van der Waals surface area contributed by atoms with Crippen LogP contribution in [0.25, 0.3) is 11.1 Å². The van der Waals surface area contributed by atoms with Gasteiger partial charge in [-0.25, -0.2) is 4.39 Å². The first-order chi connectivity index (χ1) is 9.38. The smallest absolute Gasteiger partial charge is 0.230 e. The van der Waals surface area contributed by atoms with Crippen molar-refractivity contribution in [2.75, 3.05) is 20.0 Å². The molecule has 0 aliphatic carbocycles. The molecule has 1 heterocycles. The van der Waals surface area contributed by atoms with E-state index >= 15 is 0 Å². The fraction of sp³-hybridized carbons (Fsp3) is 0.357. The molecule has 2 aromatic rings. The van der Waals surface area contributed by atoms with Crippen LogP contribution in [0.5, 0.6) is 11.5 Å². The minimum atomic E-state index is -1.57. The number of alkyl halides is 1. The van der Waals surface area contributed by atoms with Gasteiger partial charge in [-0.1, -0.05) is 5.16 Å². The number of anilines is 1. The van der Waals surface area contributed by atoms with Crippen molar-refractivity contribution in [3.8, 4) is 22.6 Å². The van der Waals surface area contributed by atoms with Gasteiger partial charge in [0.25, 0.3) is 0 Å². The van der Waals surface area contributed by atoms with Gasteiger partial charge in [0.15, 0.2) is 0 Å². The Morgan fingerprint density at radius 2 is 1.80 bits per heavy atom. The number of halogens is 1. The molecule has 0 aliphatic heterocycles. The highest BCUT2D eigenvalue weighted by Gasteiger charge is 2.27. The van der Waals surface area contributed by atoms with Crippen molar-refractivity contribution in [3.63, 3.8) is 0 Å². The lowest BCUT2D eigenvalue weighted by molar-refractivity contribution is 0.213. The van der Waals surface area contributed by atoms with Crippen LogP contribution in [0.3, 0.4) is 0 Å². The molecule has 0 unspecified atom stereocenters. The van der Waals surface area contributed by atoms with E-state index in [4.69, 9.17) is 19.7 Å². The lowest BCUT2D eigenvalue weighted by atomic mass is 9.94. The van der Waals surface area contributed by atoms with Crippen molar-refractivity contribution in [2.45, 2.75) is 19.5 Å². The van der Waals surface area contributed by atoms with Gasteiger partial charge in [-0.2, -0.15) is 0 Å². The summed E-state index contributed by atoms with van der Waals surface area (Å²) < 4.78 is 29.7. The fourth-order valence-electron chi connectivity index (χ4n) is 2.02. The maximum absolute atomic E-state index is 14.3. The molecule has 20 heavy (non-hydrogen) atoms. The minimum absolute atomic E-state index is 0.149. The predicted octanol–water partition coefficient (Wildman–Crippen LogP) is 3.15. The standard InChI is InChI=1S/C14H17FN2O3/c1-14(2,15)10-5-8(9-7-17-20-13(9)16)11(18-3)6-12(10)19-4/h5-7H,16H2,1-4H3. The Hall–Kier alpha value is -2.24. The van der Waals surface area contributed by atoms with Crippen LogP contribution in [0.15, 0.2) is 22.9 Å². The highest BCUT2D eigenvalue weighted by atomic mass is 19.1. The summed E-state index contributed by atoms with van der Waals surface area (Å²) in [7, 11) is 3.00. The van der Waals surface area contributed by atoms with Gasteiger partial charge < -0.3 is 19.7 Å². The normalized spacial score (nSPS) is 11.4. The van der Waals surface area contributed by atoms with Crippen molar-refractivity contribution in [2.24, 2.45) is 0 Å². The van der Waals surface area contributed by atoms with E-state index in [9.17, 15) is 4.39 Å². The van der Waals surface area contributed by atoms with Crippen LogP contribution in [0.2, 0.25) is 0 Å². The molecule has 1 aromatic carbocycles. The predicted molar refractivity (Wildman–Crippen MR) is 73.6 cm³/mol. The highest BCUT2D eigenvalue weighted by Crippen LogP contribution is 2.42. The largest absolute Gasteiger partial charge is 0.496 e. The number of benzene rings is 1. The number of aromatic nitrogens is 1. The molecule has 0 fully saturated rings. The maximum Gasteiger partial charge on any atom is 0.230 e. The molecule has 0 saturated heterocycles. The Labute approximate surface area is 116 Å². The Morgan fingerprint density at radius 1 is 1.15 bits per heavy atom. The first-order valence-electron chi connectivity index (χ1n) is 6.04. The summed E-state index contributed by atoms with van der Waals surface area (Å²) in [6.07, 6.45) is 1.47. The molecule has 108 valence electrons. The second-order valence-electron chi connectivity index (χ2n) is 4.83. The topological polar surface area (TPSA) is 70.5 Å². The van der Waals surface area contributed by atoms with E-state index in [1.54, 1.807) is 12.1 Å². The molecule has 6 heteroatoms. The summed E-state index contributed by atoms with van der Waals surface area (Å²) in [5.74, 6) is 1.06. The Bertz CT molecular complexity index is 617. The third-order valence-corrected chi connectivity index (χ3v) is 3.05. The zero-order valence-corrected chi connectivity index (χ0v) is 11.9. The van der Waals surface area contributed by atoms with Crippen LogP contribution in [0, 0.1) is 0 Å². The van der Waals surface area contributed by atoms with Gasteiger partial charge in [0.1, 0.15) is 17.2 Å². The Kier molecular flexibility index (Phi) is 3.57. The molecule has 0 saturated carbocycles. The van der Waals surface area contributed by atoms with Crippen LogP contribution in [0.4, 0.5) is 10.3 Å². The zero-order chi connectivity index (χ0) is 14.9. The van der Waals surface area contributed by atoms with Crippen molar-refractivity contribution in [1.29, 1.82) is 0 Å². The number of ether oxygens (including phenoxy) is 2. The van der Waals surface area contributed by atoms with Crippen LogP contribution in [-0.2, 0) is 5.67 Å². The Balaban J connectivity index is 2.71. The SMILES string of the molecule is COc1cc(OC)c(C(C)(C)F)cc1-c1cnoc1N. The summed E-state index contributed by atoms with van der Waals surface area (Å²) in [4.78, 5) is 0. The van der Waals surface area contributed by atoms with Gasteiger partial charge in [-0.05, 0) is 19.9 Å². The van der Waals surface area contributed by atoms with Crippen molar-refractivity contribution in [1.82, 2.24) is 5.16 Å². The third kappa shape index (κ3) is 2.41. The lowest BCUT2D eigenvalue weighted by Gasteiger charge is -2.21. The average Bonchev–Trinajstić information content (AvgIpc) is 2.82. The molecule has 0 amide bonds. The molecule has 2 N–H and O–H groups in total. The lowest BCUT2D eigenvalue weighted by Crippen LogP contribution is -2.11. The van der Waals surface area contributed by atoms with E-state index in [1.807, 2.05) is 0 Å². The molecule has 0 radical (unpaired) electrons. The average molecular weight is 280 g/mol. The molecule has 0 aliphatic rings. The van der Waals surface area contributed by atoms with Crippen molar-refractivity contribution >= 4 is 5.88 Å². The summed E-state index contributed by atoms with van der Waals surface area (Å²) >= 11 is 0.